The predicted octanol–water partition coefficient (Wildman–Crippen LogP) is 3.64. The van der Waals surface area contributed by atoms with Crippen LogP contribution in [-0.4, -0.2) is 79.7 Å². The van der Waals surface area contributed by atoms with Gasteiger partial charge in [-0.15, -0.1) is 0 Å². The zero-order valence-electron chi connectivity index (χ0n) is 24.0. The van der Waals surface area contributed by atoms with Gasteiger partial charge in [-0.3, -0.25) is 18.7 Å². The van der Waals surface area contributed by atoms with Gasteiger partial charge in [0.1, 0.15) is 18.1 Å². The molecule has 212 valence electrons. The Labute approximate surface area is 228 Å². The molecule has 3 atom stereocenters. The SMILES string of the molecule is CC(=[N+]=[N-])C(=O)N1C(C(C)C)COC1(C)C.CC(C)C1COC(C)(C)N1C(=O)COS(=O)c1ccccc1. The maximum absolute atomic E-state index is 12.5. The zero-order chi connectivity index (χ0) is 28.8. The first-order valence-electron chi connectivity index (χ1n) is 12.9. The summed E-state index contributed by atoms with van der Waals surface area (Å²) in [4.78, 5) is 31.4. The van der Waals surface area contributed by atoms with Crippen molar-refractivity contribution in [2.45, 2.75) is 90.7 Å². The monoisotopic (exact) mass is 550 g/mol. The molecule has 2 fully saturated rings. The lowest BCUT2D eigenvalue weighted by Crippen LogP contribution is -2.51. The van der Waals surface area contributed by atoms with Crippen molar-refractivity contribution in [1.29, 1.82) is 0 Å². The highest BCUT2D eigenvalue weighted by atomic mass is 32.2. The van der Waals surface area contributed by atoms with Crippen LogP contribution in [-0.2, 0) is 34.3 Å². The van der Waals surface area contributed by atoms with E-state index in [4.69, 9.17) is 19.2 Å². The first-order valence-corrected chi connectivity index (χ1v) is 13.9. The highest BCUT2D eigenvalue weighted by molar-refractivity contribution is 7.80. The Morgan fingerprint density at radius 1 is 1.00 bits per heavy atom. The van der Waals surface area contributed by atoms with Gasteiger partial charge in [-0.25, -0.2) is 4.21 Å². The lowest BCUT2D eigenvalue weighted by molar-refractivity contribution is -0.149. The molecular formula is C27H42N4O6S. The fourth-order valence-corrected chi connectivity index (χ4v) is 5.24. The third-order valence-electron chi connectivity index (χ3n) is 6.75. The Bertz CT molecular complexity index is 1050. The van der Waals surface area contributed by atoms with Crippen molar-refractivity contribution in [2.75, 3.05) is 19.8 Å². The molecule has 0 radical (unpaired) electrons. The number of hydrogen-bond donors (Lipinski definition) is 0. The molecule has 0 saturated carbocycles. The second-order valence-electron chi connectivity index (χ2n) is 11.1. The minimum absolute atomic E-state index is 0.0104. The Morgan fingerprint density at radius 2 is 1.47 bits per heavy atom. The molecule has 2 aliphatic heterocycles. The molecule has 2 heterocycles. The van der Waals surface area contributed by atoms with E-state index >= 15 is 0 Å². The van der Waals surface area contributed by atoms with Crippen molar-refractivity contribution in [3.05, 3.63) is 35.9 Å². The highest BCUT2D eigenvalue weighted by Crippen LogP contribution is 2.32. The van der Waals surface area contributed by atoms with Crippen LogP contribution < -0.4 is 0 Å². The number of carbonyl (C=O) groups excluding carboxylic acids is 2. The van der Waals surface area contributed by atoms with Crippen LogP contribution in [0.1, 0.15) is 62.3 Å². The zero-order valence-corrected chi connectivity index (χ0v) is 24.8. The Morgan fingerprint density at radius 3 is 1.95 bits per heavy atom. The van der Waals surface area contributed by atoms with E-state index in [-0.39, 0.29) is 42.1 Å². The summed E-state index contributed by atoms with van der Waals surface area (Å²) in [5, 5.41) is 0. The molecule has 3 rings (SSSR count). The minimum atomic E-state index is -1.64. The second-order valence-corrected chi connectivity index (χ2v) is 12.2. The van der Waals surface area contributed by atoms with Crippen LogP contribution in [0, 0.1) is 11.8 Å². The summed E-state index contributed by atoms with van der Waals surface area (Å²) in [6.45, 7) is 17.9. The third kappa shape index (κ3) is 7.57. The van der Waals surface area contributed by atoms with Crippen LogP contribution in [0.5, 0.6) is 0 Å². The lowest BCUT2D eigenvalue weighted by Gasteiger charge is -2.35. The topological polar surface area (TPSA) is 122 Å². The number of hydrogen-bond acceptors (Lipinski definition) is 6. The van der Waals surface area contributed by atoms with Gasteiger partial charge in [-0.2, -0.15) is 4.79 Å². The number of ether oxygens (including phenoxy) is 2. The molecule has 0 aliphatic carbocycles. The summed E-state index contributed by atoms with van der Waals surface area (Å²) >= 11 is -1.64. The van der Waals surface area contributed by atoms with E-state index < -0.39 is 22.5 Å². The number of benzene rings is 1. The van der Waals surface area contributed by atoms with Gasteiger partial charge in [0.25, 0.3) is 5.91 Å². The molecule has 0 N–H and O–H groups in total. The van der Waals surface area contributed by atoms with E-state index in [0.29, 0.717) is 24.0 Å². The van der Waals surface area contributed by atoms with Gasteiger partial charge in [-0.05, 0) is 51.7 Å². The molecule has 0 bridgehead atoms. The summed E-state index contributed by atoms with van der Waals surface area (Å²) in [5.41, 5.74) is 7.44. The van der Waals surface area contributed by atoms with Crippen LogP contribution >= 0.6 is 0 Å². The standard InChI is InChI=1S/C16H23NO4S.C11H19N3O2/c1-12(2)14-10-20-16(3,4)17(14)15(18)11-21-22(19)13-8-6-5-7-9-13;1-7(2)9-6-16-11(4,5)14(9)10(15)8(3)13-12/h5-9,12,14H,10-11H2,1-4H3;7,9H,6H2,1-5H3. The normalized spacial score (nSPS) is 22.6. The summed E-state index contributed by atoms with van der Waals surface area (Å²) in [7, 11) is 0. The van der Waals surface area contributed by atoms with Crippen molar-refractivity contribution in [2.24, 2.45) is 11.8 Å². The molecule has 11 heteroatoms. The minimum Gasteiger partial charge on any atom is -0.361 e. The van der Waals surface area contributed by atoms with Crippen LogP contribution in [0.3, 0.4) is 0 Å². The fraction of sp³-hybridized carbons (Fsp3) is 0.667. The van der Waals surface area contributed by atoms with Crippen molar-refractivity contribution in [1.82, 2.24) is 9.80 Å². The largest absolute Gasteiger partial charge is 0.361 e. The van der Waals surface area contributed by atoms with Gasteiger partial charge >= 0.3 is 11.6 Å². The van der Waals surface area contributed by atoms with Crippen LogP contribution in [0.4, 0.5) is 0 Å². The predicted molar refractivity (Wildman–Crippen MR) is 144 cm³/mol. The van der Waals surface area contributed by atoms with Crippen molar-refractivity contribution >= 4 is 28.6 Å². The Kier molecular flexibility index (Phi) is 10.9. The van der Waals surface area contributed by atoms with E-state index in [2.05, 4.69) is 18.6 Å². The molecule has 3 unspecified atom stereocenters. The maximum Gasteiger partial charge on any atom is 0.353 e. The first kappa shape index (κ1) is 31.8. The molecule has 0 aromatic heterocycles. The molecule has 38 heavy (non-hydrogen) atoms. The molecule has 10 nitrogen and oxygen atoms in total. The summed E-state index contributed by atoms with van der Waals surface area (Å²) < 4.78 is 28.6. The number of rotatable bonds is 7. The number of nitrogens with zero attached hydrogens (tertiary/aromatic N) is 4. The smallest absolute Gasteiger partial charge is 0.353 e. The molecule has 1 aromatic carbocycles. The first-order chi connectivity index (χ1) is 17.6. The van der Waals surface area contributed by atoms with Gasteiger partial charge in [0.05, 0.1) is 30.2 Å². The number of carbonyl (C=O) groups is 2. The van der Waals surface area contributed by atoms with Crippen LogP contribution in [0.15, 0.2) is 35.2 Å². The Hall–Kier alpha value is -2.43. The average molecular weight is 551 g/mol. The number of amides is 2. The fourth-order valence-electron chi connectivity index (χ4n) is 4.52. The van der Waals surface area contributed by atoms with E-state index in [1.165, 1.54) is 6.92 Å². The summed E-state index contributed by atoms with van der Waals surface area (Å²) in [6.07, 6.45) is 0. The van der Waals surface area contributed by atoms with E-state index in [1.807, 2.05) is 47.6 Å². The average Bonchev–Trinajstić information content (AvgIpc) is 3.37. The summed E-state index contributed by atoms with van der Waals surface area (Å²) in [6, 6.07) is 8.86. The maximum atomic E-state index is 12.5. The van der Waals surface area contributed by atoms with Crippen molar-refractivity contribution in [3.63, 3.8) is 0 Å². The third-order valence-corrected chi connectivity index (χ3v) is 7.74. The second kappa shape index (κ2) is 13.1. The molecule has 1 aromatic rings. The van der Waals surface area contributed by atoms with Crippen molar-refractivity contribution < 1.29 is 32.2 Å². The molecular weight excluding hydrogens is 508 g/mol. The van der Waals surface area contributed by atoms with Gasteiger partial charge in [0.2, 0.25) is 0 Å². The highest BCUT2D eigenvalue weighted by Gasteiger charge is 2.47. The van der Waals surface area contributed by atoms with Gasteiger partial charge < -0.3 is 19.9 Å². The van der Waals surface area contributed by atoms with Crippen molar-refractivity contribution in [3.8, 4) is 0 Å². The van der Waals surface area contributed by atoms with Gasteiger partial charge in [0, 0.05) is 6.92 Å². The van der Waals surface area contributed by atoms with Gasteiger partial charge in [0.15, 0.2) is 11.1 Å². The summed E-state index contributed by atoms with van der Waals surface area (Å²) in [5.74, 6) is 0.108. The molecule has 2 aliphatic rings. The molecule has 2 amide bonds. The lowest BCUT2D eigenvalue weighted by atomic mass is 10.0. The quantitative estimate of drug-likeness (QED) is 0.290. The van der Waals surface area contributed by atoms with Crippen LogP contribution in [0.25, 0.3) is 5.53 Å². The van der Waals surface area contributed by atoms with E-state index in [0.717, 1.165) is 0 Å². The molecule has 0 spiro atoms. The van der Waals surface area contributed by atoms with Crippen LogP contribution in [0.2, 0.25) is 0 Å². The van der Waals surface area contributed by atoms with E-state index in [1.54, 1.807) is 34.1 Å². The Balaban J connectivity index is 0.000000281. The van der Waals surface area contributed by atoms with Gasteiger partial charge in [-0.1, -0.05) is 45.9 Å². The van der Waals surface area contributed by atoms with E-state index in [9.17, 15) is 13.8 Å². The molecule has 2 saturated heterocycles.